The zero-order valence-corrected chi connectivity index (χ0v) is 12.1. The zero-order chi connectivity index (χ0) is 12.5. The molecule has 1 aliphatic heterocycles. The molecule has 0 amide bonds. The van der Waals surface area contributed by atoms with Crippen molar-refractivity contribution in [2.24, 2.45) is 0 Å². The summed E-state index contributed by atoms with van der Waals surface area (Å²) in [4.78, 5) is 12.9. The van der Waals surface area contributed by atoms with Crippen LogP contribution in [-0.4, -0.2) is 53.0 Å². The van der Waals surface area contributed by atoms with Crippen molar-refractivity contribution in [3.63, 3.8) is 0 Å². The Morgan fingerprint density at radius 1 is 1.28 bits per heavy atom. The van der Waals surface area contributed by atoms with Crippen LogP contribution in [0, 0.1) is 0 Å². The molecule has 1 aromatic carbocycles. The molecule has 4 nitrogen and oxygen atoms in total. The minimum atomic E-state index is 0.917. The van der Waals surface area contributed by atoms with Crippen LogP contribution in [0.15, 0.2) is 22.7 Å². The van der Waals surface area contributed by atoms with Crippen molar-refractivity contribution >= 4 is 27.0 Å². The van der Waals surface area contributed by atoms with Crippen molar-refractivity contribution in [1.29, 1.82) is 0 Å². The summed E-state index contributed by atoms with van der Waals surface area (Å²) in [5.41, 5.74) is 2.15. The smallest absolute Gasteiger partial charge is 0.121 e. The molecule has 5 heteroatoms. The molecule has 0 bridgehead atoms. The molecular formula is C13H17BrN4. The summed E-state index contributed by atoms with van der Waals surface area (Å²) in [7, 11) is 2.18. The maximum atomic E-state index is 4.64. The van der Waals surface area contributed by atoms with Crippen LogP contribution >= 0.6 is 15.9 Å². The lowest BCUT2D eigenvalue weighted by atomic mass is 10.3. The second-order valence-electron chi connectivity index (χ2n) is 4.92. The lowest BCUT2D eigenvalue weighted by Gasteiger charge is -2.31. The Hall–Kier alpha value is -0.910. The van der Waals surface area contributed by atoms with Crippen molar-refractivity contribution < 1.29 is 0 Å². The fourth-order valence-electron chi connectivity index (χ4n) is 2.33. The molecule has 0 spiro atoms. The molecular weight excluding hydrogens is 292 g/mol. The van der Waals surface area contributed by atoms with E-state index >= 15 is 0 Å². The number of H-pyrrole nitrogens is 1. The van der Waals surface area contributed by atoms with Crippen molar-refractivity contribution in [2.45, 2.75) is 6.54 Å². The monoisotopic (exact) mass is 308 g/mol. The Labute approximate surface area is 115 Å². The van der Waals surface area contributed by atoms with Crippen LogP contribution in [0.2, 0.25) is 0 Å². The number of hydrogen-bond acceptors (Lipinski definition) is 3. The van der Waals surface area contributed by atoms with E-state index in [4.69, 9.17) is 0 Å². The molecule has 0 unspecified atom stereocenters. The molecule has 1 aromatic heterocycles. The Kier molecular flexibility index (Phi) is 3.37. The predicted molar refractivity (Wildman–Crippen MR) is 76.6 cm³/mol. The van der Waals surface area contributed by atoms with Gasteiger partial charge in [0.2, 0.25) is 0 Å². The highest BCUT2D eigenvalue weighted by Crippen LogP contribution is 2.18. The van der Waals surface area contributed by atoms with Gasteiger partial charge in [-0.05, 0) is 25.2 Å². The molecule has 2 heterocycles. The van der Waals surface area contributed by atoms with E-state index in [9.17, 15) is 0 Å². The van der Waals surface area contributed by atoms with Gasteiger partial charge in [0.1, 0.15) is 5.82 Å². The van der Waals surface area contributed by atoms with Gasteiger partial charge in [0.05, 0.1) is 17.6 Å². The van der Waals surface area contributed by atoms with Gasteiger partial charge in [-0.3, -0.25) is 4.90 Å². The topological polar surface area (TPSA) is 35.2 Å². The molecule has 1 saturated heterocycles. The Morgan fingerprint density at radius 2 is 2.06 bits per heavy atom. The predicted octanol–water partition coefficient (Wildman–Crippen LogP) is 2.07. The largest absolute Gasteiger partial charge is 0.341 e. The molecule has 18 heavy (non-hydrogen) atoms. The average molecular weight is 309 g/mol. The first-order chi connectivity index (χ1) is 8.70. The van der Waals surface area contributed by atoms with Crippen LogP contribution in [0.3, 0.4) is 0 Å². The maximum absolute atomic E-state index is 4.64. The molecule has 3 rings (SSSR count). The third-order valence-corrected chi connectivity index (χ3v) is 3.96. The van der Waals surface area contributed by atoms with Crippen molar-refractivity contribution in [3.05, 3.63) is 28.5 Å². The number of hydrogen-bond donors (Lipinski definition) is 1. The standard InChI is InChI=1S/C13H17BrN4/c1-17-4-6-18(7-5-17)9-13-15-11-3-2-10(14)8-12(11)16-13/h2-3,8H,4-7,9H2,1H3,(H,15,16). The van der Waals surface area contributed by atoms with Gasteiger partial charge in [0.15, 0.2) is 0 Å². The summed E-state index contributed by atoms with van der Waals surface area (Å²) in [6.07, 6.45) is 0. The molecule has 1 N–H and O–H groups in total. The van der Waals surface area contributed by atoms with Gasteiger partial charge in [0, 0.05) is 30.7 Å². The van der Waals surface area contributed by atoms with Gasteiger partial charge in [-0.1, -0.05) is 15.9 Å². The zero-order valence-electron chi connectivity index (χ0n) is 10.5. The first-order valence-corrected chi connectivity index (χ1v) is 7.05. The molecule has 96 valence electrons. The summed E-state index contributed by atoms with van der Waals surface area (Å²) in [6.45, 7) is 5.45. The molecule has 2 aromatic rings. The van der Waals surface area contributed by atoms with E-state index in [1.54, 1.807) is 0 Å². The number of nitrogens with zero attached hydrogens (tertiary/aromatic N) is 3. The van der Waals surface area contributed by atoms with E-state index < -0.39 is 0 Å². The summed E-state index contributed by atoms with van der Waals surface area (Å²) in [6, 6.07) is 6.15. The maximum Gasteiger partial charge on any atom is 0.121 e. The first kappa shape index (κ1) is 12.1. The average Bonchev–Trinajstić information content (AvgIpc) is 2.73. The number of imidazole rings is 1. The summed E-state index contributed by atoms with van der Waals surface area (Å²) < 4.78 is 1.09. The van der Waals surface area contributed by atoms with Crippen LogP contribution < -0.4 is 0 Å². The van der Waals surface area contributed by atoms with E-state index in [0.717, 1.165) is 54.1 Å². The van der Waals surface area contributed by atoms with E-state index in [0.29, 0.717) is 0 Å². The fourth-order valence-corrected chi connectivity index (χ4v) is 2.69. The minimum absolute atomic E-state index is 0.917. The van der Waals surface area contributed by atoms with Crippen molar-refractivity contribution in [2.75, 3.05) is 33.2 Å². The number of benzene rings is 1. The minimum Gasteiger partial charge on any atom is -0.341 e. The number of rotatable bonds is 2. The molecule has 0 saturated carbocycles. The van der Waals surface area contributed by atoms with Gasteiger partial charge < -0.3 is 9.88 Å². The van der Waals surface area contributed by atoms with Crippen LogP contribution in [0.25, 0.3) is 11.0 Å². The Bertz CT molecular complexity index is 543. The highest BCUT2D eigenvalue weighted by Gasteiger charge is 2.15. The van der Waals surface area contributed by atoms with Gasteiger partial charge in [-0.25, -0.2) is 4.98 Å². The highest BCUT2D eigenvalue weighted by atomic mass is 79.9. The van der Waals surface area contributed by atoms with E-state index in [2.05, 4.69) is 48.8 Å². The molecule has 0 aliphatic carbocycles. The number of aromatic nitrogens is 2. The van der Waals surface area contributed by atoms with E-state index in [-0.39, 0.29) is 0 Å². The molecule has 1 fully saturated rings. The third-order valence-electron chi connectivity index (χ3n) is 3.46. The van der Waals surface area contributed by atoms with E-state index in [1.165, 1.54) is 0 Å². The summed E-state index contributed by atoms with van der Waals surface area (Å²) >= 11 is 3.48. The first-order valence-electron chi connectivity index (χ1n) is 6.26. The van der Waals surface area contributed by atoms with Crippen LogP contribution in [0.4, 0.5) is 0 Å². The molecule has 0 atom stereocenters. The van der Waals surface area contributed by atoms with Gasteiger partial charge >= 0.3 is 0 Å². The highest BCUT2D eigenvalue weighted by molar-refractivity contribution is 9.10. The number of likely N-dealkylation sites (N-methyl/N-ethyl adjacent to an activating group) is 1. The van der Waals surface area contributed by atoms with Crippen molar-refractivity contribution in [1.82, 2.24) is 19.8 Å². The fraction of sp³-hybridized carbons (Fsp3) is 0.462. The lowest BCUT2D eigenvalue weighted by Crippen LogP contribution is -2.44. The van der Waals surface area contributed by atoms with Crippen LogP contribution in [0.1, 0.15) is 5.82 Å². The second kappa shape index (κ2) is 4.99. The number of fused-ring (bicyclic) bond motifs is 1. The Morgan fingerprint density at radius 3 is 2.83 bits per heavy atom. The van der Waals surface area contributed by atoms with Crippen LogP contribution in [-0.2, 0) is 6.54 Å². The SMILES string of the molecule is CN1CCN(Cc2nc3ccc(Br)cc3[nH]2)CC1. The van der Waals surface area contributed by atoms with E-state index in [1.807, 2.05) is 12.1 Å². The Balaban J connectivity index is 1.74. The van der Waals surface area contributed by atoms with Gasteiger partial charge in [-0.2, -0.15) is 0 Å². The number of piperazine rings is 1. The normalized spacial score (nSPS) is 18.6. The van der Waals surface area contributed by atoms with Gasteiger partial charge in [0.25, 0.3) is 0 Å². The lowest BCUT2D eigenvalue weighted by molar-refractivity contribution is 0.146. The number of halogens is 1. The van der Waals surface area contributed by atoms with Gasteiger partial charge in [-0.15, -0.1) is 0 Å². The van der Waals surface area contributed by atoms with Crippen molar-refractivity contribution in [3.8, 4) is 0 Å². The molecule has 1 aliphatic rings. The molecule has 0 radical (unpaired) electrons. The second-order valence-corrected chi connectivity index (χ2v) is 5.84. The van der Waals surface area contributed by atoms with Crippen LogP contribution in [0.5, 0.6) is 0 Å². The number of aromatic amines is 1. The summed E-state index contributed by atoms with van der Waals surface area (Å²) in [5.74, 6) is 1.06. The quantitative estimate of drug-likeness (QED) is 0.922. The third kappa shape index (κ3) is 2.58. The summed E-state index contributed by atoms with van der Waals surface area (Å²) in [5, 5.41) is 0. The number of nitrogens with one attached hydrogen (secondary N) is 1.